The standard InChI is InChI=1S/C26H25N5O3S/c1-34-17-16-27-25(33)21-14-8-9-15-22(21)28-23(32)18-35-26-30-29-24(19-10-4-2-5-11-19)31(26)20-12-6-3-7-13-20/h2-15H,16-18H2,1H3,(H,27,33)(H,28,32). The minimum Gasteiger partial charge on any atom is -0.383 e. The molecule has 178 valence electrons. The summed E-state index contributed by atoms with van der Waals surface area (Å²) in [7, 11) is 1.57. The molecule has 4 aromatic rings. The number of aromatic nitrogens is 3. The molecule has 35 heavy (non-hydrogen) atoms. The number of methoxy groups -OCH3 is 1. The van der Waals surface area contributed by atoms with Crippen LogP contribution in [0.3, 0.4) is 0 Å². The lowest BCUT2D eigenvalue weighted by Crippen LogP contribution is -2.28. The van der Waals surface area contributed by atoms with Gasteiger partial charge in [-0.3, -0.25) is 14.2 Å². The summed E-state index contributed by atoms with van der Waals surface area (Å²) >= 11 is 1.28. The highest BCUT2D eigenvalue weighted by Crippen LogP contribution is 2.28. The van der Waals surface area contributed by atoms with Gasteiger partial charge in [0.1, 0.15) is 0 Å². The average Bonchev–Trinajstić information content (AvgIpc) is 3.33. The predicted octanol–water partition coefficient (Wildman–Crippen LogP) is 4.04. The Morgan fingerprint density at radius 1 is 0.914 bits per heavy atom. The Morgan fingerprint density at radius 2 is 1.60 bits per heavy atom. The first-order valence-electron chi connectivity index (χ1n) is 11.0. The van der Waals surface area contributed by atoms with E-state index >= 15 is 0 Å². The second-order valence-electron chi connectivity index (χ2n) is 7.47. The zero-order valence-electron chi connectivity index (χ0n) is 19.2. The molecule has 0 aliphatic carbocycles. The van der Waals surface area contributed by atoms with Crippen molar-refractivity contribution < 1.29 is 14.3 Å². The second kappa shape index (κ2) is 12.0. The minimum absolute atomic E-state index is 0.0966. The lowest BCUT2D eigenvalue weighted by Gasteiger charge is -2.12. The molecule has 0 spiro atoms. The summed E-state index contributed by atoms with van der Waals surface area (Å²) in [5, 5.41) is 15.0. The molecule has 8 nitrogen and oxygen atoms in total. The largest absolute Gasteiger partial charge is 0.383 e. The molecule has 0 bridgehead atoms. The minimum atomic E-state index is -0.276. The van der Waals surface area contributed by atoms with Crippen LogP contribution >= 0.6 is 11.8 Å². The van der Waals surface area contributed by atoms with Crippen molar-refractivity contribution in [1.29, 1.82) is 0 Å². The molecule has 0 aliphatic heterocycles. The van der Waals surface area contributed by atoms with Gasteiger partial charge < -0.3 is 15.4 Å². The number of thioether (sulfide) groups is 1. The van der Waals surface area contributed by atoms with Crippen LogP contribution in [-0.4, -0.2) is 52.6 Å². The molecule has 2 amide bonds. The monoisotopic (exact) mass is 487 g/mol. The van der Waals surface area contributed by atoms with E-state index < -0.39 is 0 Å². The Balaban J connectivity index is 1.50. The molecule has 0 fully saturated rings. The fourth-order valence-corrected chi connectivity index (χ4v) is 4.17. The van der Waals surface area contributed by atoms with Gasteiger partial charge in [-0.15, -0.1) is 10.2 Å². The molecule has 2 N–H and O–H groups in total. The zero-order valence-corrected chi connectivity index (χ0v) is 20.0. The smallest absolute Gasteiger partial charge is 0.253 e. The van der Waals surface area contributed by atoms with Crippen LogP contribution in [0.2, 0.25) is 0 Å². The summed E-state index contributed by atoms with van der Waals surface area (Å²) < 4.78 is 6.90. The molecule has 0 unspecified atom stereocenters. The number of rotatable bonds is 10. The van der Waals surface area contributed by atoms with Gasteiger partial charge in [-0.1, -0.05) is 72.4 Å². The first kappa shape index (κ1) is 24.2. The molecule has 1 heterocycles. The van der Waals surface area contributed by atoms with Crippen molar-refractivity contribution in [2.45, 2.75) is 5.16 Å². The van der Waals surface area contributed by atoms with Crippen molar-refractivity contribution in [3.8, 4) is 17.1 Å². The number of benzene rings is 3. The molecule has 4 rings (SSSR count). The van der Waals surface area contributed by atoms with E-state index in [0.29, 0.717) is 35.4 Å². The topological polar surface area (TPSA) is 98.1 Å². The van der Waals surface area contributed by atoms with Gasteiger partial charge in [0, 0.05) is 24.9 Å². The van der Waals surface area contributed by atoms with E-state index in [2.05, 4.69) is 20.8 Å². The van der Waals surface area contributed by atoms with E-state index in [1.165, 1.54) is 11.8 Å². The lowest BCUT2D eigenvalue weighted by molar-refractivity contribution is -0.113. The van der Waals surface area contributed by atoms with Crippen LogP contribution in [-0.2, 0) is 9.53 Å². The summed E-state index contributed by atoms with van der Waals surface area (Å²) in [4.78, 5) is 25.3. The first-order chi connectivity index (χ1) is 17.2. The van der Waals surface area contributed by atoms with Crippen LogP contribution in [0, 0.1) is 0 Å². The molecule has 0 saturated heterocycles. The average molecular weight is 488 g/mol. The number of carbonyl (C=O) groups is 2. The number of para-hydroxylation sites is 2. The van der Waals surface area contributed by atoms with Gasteiger partial charge in [0.2, 0.25) is 5.91 Å². The number of carbonyl (C=O) groups excluding carboxylic acids is 2. The van der Waals surface area contributed by atoms with E-state index in [1.807, 2.05) is 65.2 Å². The quantitative estimate of drug-likeness (QED) is 0.259. The summed E-state index contributed by atoms with van der Waals surface area (Å²) in [6.07, 6.45) is 0. The molecule has 3 aromatic carbocycles. The third-order valence-corrected chi connectivity index (χ3v) is 5.98. The predicted molar refractivity (Wildman–Crippen MR) is 137 cm³/mol. The number of amides is 2. The van der Waals surface area contributed by atoms with Crippen LogP contribution in [0.25, 0.3) is 17.1 Å². The van der Waals surface area contributed by atoms with Gasteiger partial charge in [-0.05, 0) is 24.3 Å². The summed E-state index contributed by atoms with van der Waals surface area (Å²) in [6.45, 7) is 0.788. The van der Waals surface area contributed by atoms with Crippen LogP contribution in [0.15, 0.2) is 90.1 Å². The fraction of sp³-hybridized carbons (Fsp3) is 0.154. The van der Waals surface area contributed by atoms with E-state index in [0.717, 1.165) is 11.3 Å². The summed E-state index contributed by atoms with van der Waals surface area (Å²) in [5.41, 5.74) is 2.66. The third-order valence-electron chi connectivity index (χ3n) is 5.05. The van der Waals surface area contributed by atoms with Crippen LogP contribution < -0.4 is 10.6 Å². The number of ether oxygens (including phenoxy) is 1. The molecule has 0 aliphatic rings. The van der Waals surface area contributed by atoms with Crippen molar-refractivity contribution in [2.75, 3.05) is 31.3 Å². The fourth-order valence-electron chi connectivity index (χ4n) is 3.42. The number of anilines is 1. The molecular formula is C26H25N5O3S. The Morgan fingerprint density at radius 3 is 2.34 bits per heavy atom. The Labute approximate surface area is 207 Å². The maximum absolute atomic E-state index is 12.8. The van der Waals surface area contributed by atoms with Gasteiger partial charge in [-0.2, -0.15) is 0 Å². The highest BCUT2D eigenvalue weighted by Gasteiger charge is 2.18. The van der Waals surface area contributed by atoms with Crippen LogP contribution in [0.5, 0.6) is 0 Å². The van der Waals surface area contributed by atoms with Gasteiger partial charge in [-0.25, -0.2) is 0 Å². The Hall–Kier alpha value is -3.95. The SMILES string of the molecule is COCCNC(=O)c1ccccc1NC(=O)CSc1nnc(-c2ccccc2)n1-c1ccccc1. The Bertz CT molecular complexity index is 1280. The van der Waals surface area contributed by atoms with Crippen molar-refractivity contribution >= 4 is 29.3 Å². The maximum Gasteiger partial charge on any atom is 0.253 e. The molecule has 1 aromatic heterocycles. The van der Waals surface area contributed by atoms with Crippen LogP contribution in [0.4, 0.5) is 5.69 Å². The zero-order chi connectivity index (χ0) is 24.5. The normalized spacial score (nSPS) is 10.7. The lowest BCUT2D eigenvalue weighted by atomic mass is 10.1. The third kappa shape index (κ3) is 6.14. The van der Waals surface area contributed by atoms with Gasteiger partial charge in [0.25, 0.3) is 5.91 Å². The molecule has 0 radical (unpaired) electrons. The molecular weight excluding hydrogens is 462 g/mol. The maximum atomic E-state index is 12.8. The van der Waals surface area contributed by atoms with Gasteiger partial charge in [0.05, 0.1) is 23.6 Å². The summed E-state index contributed by atoms with van der Waals surface area (Å²) in [5.74, 6) is 0.259. The van der Waals surface area contributed by atoms with E-state index in [-0.39, 0.29) is 17.6 Å². The van der Waals surface area contributed by atoms with E-state index in [1.54, 1.807) is 31.4 Å². The highest BCUT2D eigenvalue weighted by atomic mass is 32.2. The van der Waals surface area contributed by atoms with Crippen molar-refractivity contribution in [2.24, 2.45) is 0 Å². The number of nitrogens with one attached hydrogen (secondary N) is 2. The van der Waals surface area contributed by atoms with Crippen LogP contribution in [0.1, 0.15) is 10.4 Å². The van der Waals surface area contributed by atoms with Gasteiger partial charge >= 0.3 is 0 Å². The Kier molecular flexibility index (Phi) is 8.26. The van der Waals surface area contributed by atoms with E-state index in [4.69, 9.17) is 4.74 Å². The van der Waals surface area contributed by atoms with Crippen molar-refractivity contribution in [1.82, 2.24) is 20.1 Å². The van der Waals surface area contributed by atoms with Crippen molar-refractivity contribution in [3.63, 3.8) is 0 Å². The number of hydrogen-bond acceptors (Lipinski definition) is 6. The van der Waals surface area contributed by atoms with Crippen molar-refractivity contribution in [3.05, 3.63) is 90.5 Å². The molecule has 9 heteroatoms. The molecule has 0 atom stereocenters. The molecule has 0 saturated carbocycles. The van der Waals surface area contributed by atoms with E-state index in [9.17, 15) is 9.59 Å². The number of nitrogens with zero attached hydrogens (tertiary/aromatic N) is 3. The highest BCUT2D eigenvalue weighted by molar-refractivity contribution is 7.99. The summed E-state index contributed by atoms with van der Waals surface area (Å²) in [6, 6.07) is 26.5. The first-order valence-corrected chi connectivity index (χ1v) is 12.0. The number of hydrogen-bond donors (Lipinski definition) is 2. The van der Waals surface area contributed by atoms with Gasteiger partial charge in [0.15, 0.2) is 11.0 Å². The second-order valence-corrected chi connectivity index (χ2v) is 8.42.